The van der Waals surface area contributed by atoms with Gasteiger partial charge in [0.2, 0.25) is 5.76 Å². The number of aryl methyl sites for hydroxylation is 1. The van der Waals surface area contributed by atoms with E-state index in [1.807, 2.05) is 72.4 Å². The van der Waals surface area contributed by atoms with Gasteiger partial charge >= 0.3 is 5.97 Å². The first kappa shape index (κ1) is 24.4. The summed E-state index contributed by atoms with van der Waals surface area (Å²) in [6, 6.07) is 23.8. The topological polar surface area (TPSA) is 77.5 Å². The van der Waals surface area contributed by atoms with Crippen LogP contribution < -0.4 is 4.74 Å². The summed E-state index contributed by atoms with van der Waals surface area (Å²) in [7, 11) is 1.94. The molecule has 8 heteroatoms. The summed E-state index contributed by atoms with van der Waals surface area (Å²) in [5, 5.41) is 10.1. The second-order valence-corrected chi connectivity index (χ2v) is 9.07. The summed E-state index contributed by atoms with van der Waals surface area (Å²) < 4.78 is 12.7. The van der Waals surface area contributed by atoms with Gasteiger partial charge in [0, 0.05) is 29.9 Å². The molecule has 6 nitrogen and oxygen atoms in total. The number of carboxylic acids is 1. The number of imidazole rings is 1. The number of nitrogens with zero attached hydrogens (tertiary/aromatic N) is 2. The van der Waals surface area contributed by atoms with Gasteiger partial charge in [-0.15, -0.1) is 0 Å². The predicted octanol–water partition coefficient (Wildman–Crippen LogP) is 8.31. The number of carboxylic acid groups (broad SMARTS) is 1. The maximum Gasteiger partial charge on any atom is 0.371 e. The number of benzene rings is 3. The second-order valence-electron chi connectivity index (χ2n) is 8.23. The fourth-order valence-electron chi connectivity index (χ4n) is 3.74. The summed E-state index contributed by atoms with van der Waals surface area (Å²) in [6.07, 6.45) is 5.89. The molecule has 0 spiro atoms. The van der Waals surface area contributed by atoms with Crippen LogP contribution in [0.4, 0.5) is 0 Å². The number of ether oxygens (including phenoxy) is 1. The monoisotopic (exact) mass is 530 g/mol. The molecule has 0 atom stereocenters. The zero-order chi connectivity index (χ0) is 25.9. The molecular formula is C29H20Cl2N2O4. The maximum atomic E-state index is 10.9. The van der Waals surface area contributed by atoms with E-state index in [1.165, 1.54) is 12.1 Å². The standard InChI is InChI=1S/C29H20Cl2N2O4/c1-33-17-25(23-12-9-21(30)16-24(23)31)32-27(33)14-4-18-2-5-19(6-3-18)20-7-10-22(11-8-20)36-28-15-13-26(37-28)29(34)35/h2-17H,1H3,(H,34,35)/b14-4+. The first-order valence-corrected chi connectivity index (χ1v) is 12.0. The molecule has 0 unspecified atom stereocenters. The second kappa shape index (κ2) is 10.4. The van der Waals surface area contributed by atoms with Gasteiger partial charge < -0.3 is 18.8 Å². The molecule has 3 aromatic carbocycles. The third kappa shape index (κ3) is 5.61. The Morgan fingerprint density at radius 2 is 1.65 bits per heavy atom. The van der Waals surface area contributed by atoms with Gasteiger partial charge in [0.05, 0.1) is 10.7 Å². The number of aromatic carboxylic acids is 1. The van der Waals surface area contributed by atoms with E-state index in [0.717, 1.165) is 33.8 Å². The van der Waals surface area contributed by atoms with Gasteiger partial charge in [-0.3, -0.25) is 0 Å². The predicted molar refractivity (Wildman–Crippen MR) is 145 cm³/mol. The average Bonchev–Trinajstić information content (AvgIpc) is 3.50. The van der Waals surface area contributed by atoms with Crippen LogP contribution in [0, 0.1) is 0 Å². The highest BCUT2D eigenvalue weighted by Gasteiger charge is 2.11. The smallest absolute Gasteiger partial charge is 0.371 e. The summed E-state index contributed by atoms with van der Waals surface area (Å²) in [4.78, 5) is 15.6. The van der Waals surface area contributed by atoms with Gasteiger partial charge in [0.25, 0.3) is 5.95 Å². The van der Waals surface area contributed by atoms with Crippen molar-refractivity contribution >= 4 is 41.3 Å². The number of hydrogen-bond donors (Lipinski definition) is 1. The van der Waals surface area contributed by atoms with Crippen molar-refractivity contribution in [3.8, 4) is 34.1 Å². The van der Waals surface area contributed by atoms with Crippen molar-refractivity contribution in [1.82, 2.24) is 9.55 Å². The Morgan fingerprint density at radius 3 is 2.30 bits per heavy atom. The van der Waals surface area contributed by atoms with E-state index in [9.17, 15) is 4.79 Å². The highest BCUT2D eigenvalue weighted by molar-refractivity contribution is 6.36. The molecule has 0 aliphatic heterocycles. The highest BCUT2D eigenvalue weighted by Crippen LogP contribution is 2.30. The number of rotatable bonds is 7. The molecule has 0 aliphatic rings. The minimum absolute atomic E-state index is 0.123. The lowest BCUT2D eigenvalue weighted by Crippen LogP contribution is -1.91. The van der Waals surface area contributed by atoms with E-state index in [-0.39, 0.29) is 11.7 Å². The van der Waals surface area contributed by atoms with Crippen LogP contribution >= 0.6 is 23.2 Å². The normalized spacial score (nSPS) is 11.2. The third-order valence-electron chi connectivity index (χ3n) is 5.65. The van der Waals surface area contributed by atoms with Crippen LogP contribution in [0.5, 0.6) is 11.7 Å². The third-order valence-corrected chi connectivity index (χ3v) is 6.20. The van der Waals surface area contributed by atoms with Gasteiger partial charge in [-0.2, -0.15) is 0 Å². The average molecular weight is 531 g/mol. The number of furan rings is 1. The van der Waals surface area contributed by atoms with Crippen LogP contribution in [0.1, 0.15) is 21.9 Å². The van der Waals surface area contributed by atoms with E-state index in [0.29, 0.717) is 15.8 Å². The lowest BCUT2D eigenvalue weighted by molar-refractivity contribution is 0.0657. The lowest BCUT2D eigenvalue weighted by atomic mass is 10.0. The van der Waals surface area contributed by atoms with Crippen LogP contribution in [0.15, 0.2) is 89.5 Å². The van der Waals surface area contributed by atoms with Crippen molar-refractivity contribution in [2.24, 2.45) is 7.05 Å². The van der Waals surface area contributed by atoms with Gasteiger partial charge in [-0.25, -0.2) is 9.78 Å². The van der Waals surface area contributed by atoms with Crippen LogP contribution in [-0.4, -0.2) is 20.6 Å². The Bertz CT molecular complexity index is 1600. The van der Waals surface area contributed by atoms with E-state index < -0.39 is 5.97 Å². The molecule has 0 saturated heterocycles. The first-order valence-electron chi connectivity index (χ1n) is 11.2. The number of halogens is 2. The van der Waals surface area contributed by atoms with Crippen molar-refractivity contribution in [1.29, 1.82) is 0 Å². The quantitative estimate of drug-likeness (QED) is 0.229. The molecule has 5 aromatic rings. The van der Waals surface area contributed by atoms with Gasteiger partial charge in [0.15, 0.2) is 0 Å². The highest BCUT2D eigenvalue weighted by atomic mass is 35.5. The van der Waals surface area contributed by atoms with Crippen molar-refractivity contribution in [2.75, 3.05) is 0 Å². The zero-order valence-corrected chi connectivity index (χ0v) is 21.1. The largest absolute Gasteiger partial charge is 0.475 e. The molecule has 2 heterocycles. The van der Waals surface area contributed by atoms with Crippen molar-refractivity contribution in [3.05, 3.63) is 112 Å². The lowest BCUT2D eigenvalue weighted by Gasteiger charge is -2.05. The van der Waals surface area contributed by atoms with E-state index >= 15 is 0 Å². The molecule has 0 aliphatic carbocycles. The maximum absolute atomic E-state index is 10.9. The fraction of sp³-hybridized carbons (Fsp3) is 0.0345. The summed E-state index contributed by atoms with van der Waals surface area (Å²) in [5.41, 5.74) is 4.70. The van der Waals surface area contributed by atoms with E-state index in [2.05, 4.69) is 0 Å². The molecular weight excluding hydrogens is 511 g/mol. The molecule has 0 amide bonds. The summed E-state index contributed by atoms with van der Waals surface area (Å²) in [6.45, 7) is 0. The minimum atomic E-state index is -1.14. The van der Waals surface area contributed by atoms with E-state index in [4.69, 9.17) is 42.4 Å². The number of carbonyl (C=O) groups is 1. The Labute approximate surface area is 223 Å². The van der Waals surface area contributed by atoms with Crippen LogP contribution in [0.3, 0.4) is 0 Å². The van der Waals surface area contributed by atoms with Gasteiger partial charge in [0.1, 0.15) is 11.6 Å². The first-order chi connectivity index (χ1) is 17.9. The Balaban J connectivity index is 1.26. The van der Waals surface area contributed by atoms with E-state index in [1.54, 1.807) is 24.3 Å². The molecule has 0 radical (unpaired) electrons. The van der Waals surface area contributed by atoms with Crippen LogP contribution in [-0.2, 0) is 7.05 Å². The Morgan fingerprint density at radius 1 is 0.946 bits per heavy atom. The van der Waals surface area contributed by atoms with Crippen LogP contribution in [0.2, 0.25) is 10.0 Å². The Kier molecular flexibility index (Phi) is 6.86. The Hall–Kier alpha value is -4.26. The molecule has 1 N–H and O–H groups in total. The molecule has 5 rings (SSSR count). The summed E-state index contributed by atoms with van der Waals surface area (Å²) in [5.74, 6) is 0.153. The van der Waals surface area contributed by atoms with Crippen molar-refractivity contribution in [3.63, 3.8) is 0 Å². The van der Waals surface area contributed by atoms with Gasteiger partial charge in [-0.05, 0) is 59.2 Å². The molecule has 2 aromatic heterocycles. The molecule has 0 bridgehead atoms. The number of aromatic nitrogens is 2. The van der Waals surface area contributed by atoms with Crippen molar-refractivity contribution in [2.45, 2.75) is 0 Å². The minimum Gasteiger partial charge on any atom is -0.475 e. The van der Waals surface area contributed by atoms with Crippen LogP contribution in [0.25, 0.3) is 34.5 Å². The number of hydrogen-bond acceptors (Lipinski definition) is 4. The fourth-order valence-corrected chi connectivity index (χ4v) is 4.25. The zero-order valence-electron chi connectivity index (χ0n) is 19.6. The van der Waals surface area contributed by atoms with Crippen molar-refractivity contribution < 1.29 is 19.1 Å². The van der Waals surface area contributed by atoms with Gasteiger partial charge in [-0.1, -0.05) is 65.7 Å². The SMILES string of the molecule is Cn1cc(-c2ccc(Cl)cc2Cl)nc1/C=C/c1ccc(-c2ccc(Oc3ccc(C(=O)O)o3)cc2)cc1. The molecule has 0 fully saturated rings. The molecule has 0 saturated carbocycles. The molecule has 37 heavy (non-hydrogen) atoms. The molecule has 184 valence electrons. The summed E-state index contributed by atoms with van der Waals surface area (Å²) >= 11 is 12.3.